The highest BCUT2D eigenvalue weighted by molar-refractivity contribution is 5.88. The Hall–Kier alpha value is -4.33. The molecule has 1 atom stereocenters. The lowest BCUT2D eigenvalue weighted by atomic mass is 10.1. The van der Waals surface area contributed by atoms with Gasteiger partial charge in [0.1, 0.15) is 37.2 Å². The lowest BCUT2D eigenvalue weighted by molar-refractivity contribution is -0.145. The largest absolute Gasteiger partial charge is 0.489 e. The Morgan fingerprint density at radius 2 is 1.34 bits per heavy atom. The topological polar surface area (TPSA) is 103 Å². The zero-order valence-electron chi connectivity index (χ0n) is 21.9. The summed E-state index contributed by atoms with van der Waals surface area (Å²) in [5.74, 6) is -0.435. The van der Waals surface area contributed by atoms with Crippen molar-refractivity contribution in [1.29, 1.82) is 0 Å². The first kappa shape index (κ1) is 28.2. The van der Waals surface area contributed by atoms with Crippen molar-refractivity contribution < 1.29 is 28.6 Å². The number of carbonyl (C=O) groups excluding carboxylic acids is 3. The molecular formula is C30H34N2O6. The fourth-order valence-corrected chi connectivity index (χ4v) is 3.43. The maximum Gasteiger partial charge on any atom is 0.408 e. The molecule has 2 N–H and O–H groups in total. The first-order chi connectivity index (χ1) is 18.2. The minimum Gasteiger partial charge on any atom is -0.489 e. The summed E-state index contributed by atoms with van der Waals surface area (Å²) in [7, 11) is 0. The van der Waals surface area contributed by atoms with Crippen LogP contribution in [0, 0.1) is 0 Å². The molecule has 0 spiro atoms. The second-order valence-electron chi connectivity index (χ2n) is 9.69. The number of ether oxygens (including phenoxy) is 3. The highest BCUT2D eigenvalue weighted by Gasteiger charge is 2.25. The van der Waals surface area contributed by atoms with Crippen LogP contribution in [0.4, 0.5) is 4.79 Å². The van der Waals surface area contributed by atoms with E-state index in [0.717, 1.165) is 16.7 Å². The molecule has 0 saturated carbocycles. The normalized spacial score (nSPS) is 11.7. The molecule has 0 radical (unpaired) electrons. The quantitative estimate of drug-likeness (QED) is 0.361. The maximum absolute atomic E-state index is 12.9. The van der Waals surface area contributed by atoms with Crippen LogP contribution in [0.2, 0.25) is 0 Å². The summed E-state index contributed by atoms with van der Waals surface area (Å²) in [5.41, 5.74) is 1.95. The summed E-state index contributed by atoms with van der Waals surface area (Å²) >= 11 is 0. The fourth-order valence-electron chi connectivity index (χ4n) is 3.43. The van der Waals surface area contributed by atoms with Gasteiger partial charge in [0, 0.05) is 6.42 Å². The van der Waals surface area contributed by atoms with Gasteiger partial charge in [0.05, 0.1) is 0 Å². The number of nitrogens with one attached hydrogen (secondary N) is 2. The van der Waals surface area contributed by atoms with Gasteiger partial charge in [-0.3, -0.25) is 9.59 Å². The molecule has 8 heteroatoms. The highest BCUT2D eigenvalue weighted by atomic mass is 16.6. The molecule has 0 fully saturated rings. The average Bonchev–Trinajstić information content (AvgIpc) is 2.90. The molecule has 0 aromatic heterocycles. The number of carbonyl (C=O) groups is 3. The molecule has 3 rings (SSSR count). The van der Waals surface area contributed by atoms with Crippen LogP contribution in [-0.4, -0.2) is 36.2 Å². The number of benzene rings is 3. The second-order valence-corrected chi connectivity index (χ2v) is 9.69. The lowest BCUT2D eigenvalue weighted by Crippen LogP contribution is -2.50. The van der Waals surface area contributed by atoms with Crippen LogP contribution in [0.3, 0.4) is 0 Å². The average molecular weight is 519 g/mol. The summed E-state index contributed by atoms with van der Waals surface area (Å²) in [4.78, 5) is 37.5. The van der Waals surface area contributed by atoms with Crippen molar-refractivity contribution in [2.45, 2.75) is 52.0 Å². The molecule has 38 heavy (non-hydrogen) atoms. The van der Waals surface area contributed by atoms with Gasteiger partial charge in [-0.2, -0.15) is 0 Å². The van der Waals surface area contributed by atoms with E-state index in [4.69, 9.17) is 14.2 Å². The molecular weight excluding hydrogens is 484 g/mol. The third kappa shape index (κ3) is 10.3. The van der Waals surface area contributed by atoms with Crippen LogP contribution in [0.5, 0.6) is 5.75 Å². The van der Waals surface area contributed by atoms with Crippen molar-refractivity contribution in [2.24, 2.45) is 0 Å². The molecule has 1 unspecified atom stereocenters. The Kier molecular flexibility index (Phi) is 10.3. The van der Waals surface area contributed by atoms with Gasteiger partial charge in [0.15, 0.2) is 0 Å². The van der Waals surface area contributed by atoms with Crippen molar-refractivity contribution in [2.75, 3.05) is 6.54 Å². The summed E-state index contributed by atoms with van der Waals surface area (Å²) < 4.78 is 16.4. The summed E-state index contributed by atoms with van der Waals surface area (Å²) in [6.45, 7) is 5.42. The monoisotopic (exact) mass is 518 g/mol. The van der Waals surface area contributed by atoms with Gasteiger partial charge in [0.25, 0.3) is 0 Å². The molecule has 8 nitrogen and oxygen atoms in total. The highest BCUT2D eigenvalue weighted by Crippen LogP contribution is 2.16. The smallest absolute Gasteiger partial charge is 0.408 e. The van der Waals surface area contributed by atoms with Crippen molar-refractivity contribution in [3.05, 3.63) is 102 Å². The van der Waals surface area contributed by atoms with Crippen molar-refractivity contribution >= 4 is 18.0 Å². The van der Waals surface area contributed by atoms with Crippen LogP contribution in [0.25, 0.3) is 0 Å². The first-order valence-corrected chi connectivity index (χ1v) is 12.4. The molecule has 0 heterocycles. The second kappa shape index (κ2) is 13.8. The van der Waals surface area contributed by atoms with E-state index in [1.54, 1.807) is 20.8 Å². The van der Waals surface area contributed by atoms with Gasteiger partial charge in [-0.25, -0.2) is 4.79 Å². The van der Waals surface area contributed by atoms with Gasteiger partial charge in [0.2, 0.25) is 5.91 Å². The number of alkyl carbamates (subject to hydrolysis) is 1. The van der Waals surface area contributed by atoms with Crippen molar-refractivity contribution in [3.63, 3.8) is 0 Å². The minimum atomic E-state index is -0.970. The zero-order chi connectivity index (χ0) is 27.4. The Labute approximate surface area is 223 Å². The number of rotatable bonds is 11. The first-order valence-electron chi connectivity index (χ1n) is 12.4. The van der Waals surface area contributed by atoms with E-state index in [9.17, 15) is 14.4 Å². The Morgan fingerprint density at radius 3 is 1.92 bits per heavy atom. The molecule has 2 amide bonds. The fraction of sp³-hybridized carbons (Fsp3) is 0.300. The third-order valence-electron chi connectivity index (χ3n) is 5.27. The summed E-state index contributed by atoms with van der Waals surface area (Å²) in [6, 6.07) is 25.4. The van der Waals surface area contributed by atoms with Crippen molar-refractivity contribution in [3.8, 4) is 5.75 Å². The van der Waals surface area contributed by atoms with Gasteiger partial charge < -0.3 is 24.8 Å². The van der Waals surface area contributed by atoms with Crippen LogP contribution in [0.15, 0.2) is 84.9 Å². The number of hydrogen-bond donors (Lipinski definition) is 2. The molecule has 3 aromatic carbocycles. The Morgan fingerprint density at radius 1 is 0.763 bits per heavy atom. The zero-order valence-corrected chi connectivity index (χ0v) is 21.9. The standard InChI is InChI=1S/C30H34N2O6/c1-30(2,3)38-29(35)32-26(28(34)31-19-27(33)37-21-24-12-8-5-9-13-24)18-22-14-16-25(17-15-22)36-20-23-10-6-4-7-11-23/h4-17,26H,18-21H2,1-3H3,(H,31,34)(H,32,35). The summed E-state index contributed by atoms with van der Waals surface area (Å²) in [6.07, 6.45) is -0.546. The van der Waals surface area contributed by atoms with Gasteiger partial charge >= 0.3 is 12.1 Å². The Bertz CT molecular complexity index is 1170. The maximum atomic E-state index is 12.9. The van der Waals surface area contributed by atoms with E-state index in [1.165, 1.54) is 0 Å². The minimum absolute atomic E-state index is 0.105. The van der Waals surface area contributed by atoms with Gasteiger partial charge in [-0.05, 0) is 49.6 Å². The Balaban J connectivity index is 1.57. The van der Waals surface area contributed by atoms with Gasteiger partial charge in [-0.1, -0.05) is 72.8 Å². The van der Waals surface area contributed by atoms with Crippen LogP contribution in [-0.2, 0) is 38.7 Å². The predicted octanol–water partition coefficient (Wildman–Crippen LogP) is 4.56. The summed E-state index contributed by atoms with van der Waals surface area (Å²) in [5, 5.41) is 5.16. The molecule has 200 valence electrons. The SMILES string of the molecule is CC(C)(C)OC(=O)NC(Cc1ccc(OCc2ccccc2)cc1)C(=O)NCC(=O)OCc1ccccc1. The molecule has 0 saturated heterocycles. The van der Waals surface area contributed by atoms with Crippen LogP contribution < -0.4 is 15.4 Å². The predicted molar refractivity (Wildman–Crippen MR) is 143 cm³/mol. The van der Waals surface area contributed by atoms with E-state index in [2.05, 4.69) is 10.6 Å². The lowest BCUT2D eigenvalue weighted by Gasteiger charge is -2.23. The van der Waals surface area contributed by atoms with E-state index in [-0.39, 0.29) is 19.6 Å². The number of hydrogen-bond acceptors (Lipinski definition) is 6. The van der Waals surface area contributed by atoms with Crippen LogP contribution >= 0.6 is 0 Å². The molecule has 0 bridgehead atoms. The third-order valence-corrected chi connectivity index (χ3v) is 5.27. The van der Waals surface area contributed by atoms with E-state index in [1.807, 2.05) is 84.9 Å². The number of esters is 1. The number of amides is 2. The van der Waals surface area contributed by atoms with Crippen molar-refractivity contribution in [1.82, 2.24) is 10.6 Å². The molecule has 0 aliphatic rings. The molecule has 0 aliphatic heterocycles. The van der Waals surface area contributed by atoms with Crippen LogP contribution in [0.1, 0.15) is 37.5 Å². The van der Waals surface area contributed by atoms with Gasteiger partial charge in [-0.15, -0.1) is 0 Å². The van der Waals surface area contributed by atoms with E-state index >= 15 is 0 Å². The molecule has 3 aromatic rings. The van der Waals surface area contributed by atoms with E-state index in [0.29, 0.717) is 12.4 Å². The molecule has 0 aliphatic carbocycles. The van der Waals surface area contributed by atoms with E-state index < -0.39 is 29.6 Å².